The Morgan fingerprint density at radius 3 is 2.76 bits per heavy atom. The summed E-state index contributed by atoms with van der Waals surface area (Å²) < 4.78 is 31.5. The Morgan fingerprint density at radius 1 is 1.31 bits per heavy atom. The van der Waals surface area contributed by atoms with E-state index >= 15 is 0 Å². The molecule has 5 atom stereocenters. The number of morpholine rings is 1. The van der Waals surface area contributed by atoms with Gasteiger partial charge in [0.1, 0.15) is 24.6 Å². The molecule has 0 saturated carbocycles. The Balaban J connectivity index is 1.51. The van der Waals surface area contributed by atoms with E-state index < -0.39 is 38.9 Å². The van der Waals surface area contributed by atoms with Gasteiger partial charge in [-0.1, -0.05) is 0 Å². The lowest BCUT2D eigenvalue weighted by atomic mass is 10.1. The van der Waals surface area contributed by atoms with E-state index in [1.54, 1.807) is 0 Å². The molecule has 2 aliphatic rings. The van der Waals surface area contributed by atoms with Gasteiger partial charge in [0.15, 0.2) is 27.9 Å². The largest absolute Gasteiger partial charge is 0.405 e. The summed E-state index contributed by atoms with van der Waals surface area (Å²) in [7, 11) is -4.09. The van der Waals surface area contributed by atoms with Crippen LogP contribution in [0, 0.1) is 0 Å². The molecule has 2 fully saturated rings. The fourth-order valence-electron chi connectivity index (χ4n) is 3.26. The van der Waals surface area contributed by atoms with Crippen molar-refractivity contribution >= 4 is 40.7 Å². The first-order chi connectivity index (χ1) is 13.8. The number of nitrogens with zero attached hydrogens (tertiary/aromatic N) is 5. The van der Waals surface area contributed by atoms with E-state index in [0.717, 1.165) is 0 Å². The maximum absolute atomic E-state index is 12.4. The van der Waals surface area contributed by atoms with Crippen molar-refractivity contribution < 1.29 is 33.7 Å². The third-order valence-electron chi connectivity index (χ3n) is 4.81. The van der Waals surface area contributed by atoms with E-state index in [0.29, 0.717) is 24.4 Å². The number of ether oxygens (including phenoxy) is 2. The lowest BCUT2D eigenvalue weighted by Gasteiger charge is -2.30. The van der Waals surface area contributed by atoms with Crippen LogP contribution < -0.4 is 5.73 Å². The van der Waals surface area contributed by atoms with Crippen LogP contribution in [-0.2, 0) is 18.6 Å². The minimum Gasteiger partial charge on any atom is -0.387 e. The fourth-order valence-corrected chi connectivity index (χ4v) is 4.98. The number of hydrogen-bond acceptors (Lipinski definition) is 10. The van der Waals surface area contributed by atoms with Gasteiger partial charge in [-0.15, -0.1) is 0 Å². The molecule has 13 nitrogen and oxygen atoms in total. The number of halogens is 1. The molecule has 2 aliphatic heterocycles. The summed E-state index contributed by atoms with van der Waals surface area (Å²) in [5.74, 6) is 0.147. The van der Waals surface area contributed by atoms with E-state index in [1.165, 1.54) is 15.6 Å². The van der Waals surface area contributed by atoms with Crippen molar-refractivity contribution in [3.8, 4) is 0 Å². The van der Waals surface area contributed by atoms with Crippen LogP contribution in [0.15, 0.2) is 11.1 Å². The van der Waals surface area contributed by atoms with Crippen molar-refractivity contribution in [2.75, 3.05) is 38.6 Å². The van der Waals surface area contributed by atoms with Crippen LogP contribution in [0.2, 0.25) is 0 Å². The van der Waals surface area contributed by atoms with E-state index in [-0.39, 0.29) is 23.6 Å². The maximum atomic E-state index is 12.4. The van der Waals surface area contributed by atoms with Gasteiger partial charge in [0.25, 0.3) is 0 Å². The molecule has 4 heterocycles. The van der Waals surface area contributed by atoms with Gasteiger partial charge in [0.2, 0.25) is 0 Å². The zero-order valence-corrected chi connectivity index (χ0v) is 17.5. The fraction of sp³-hybridized carbons (Fsp3) is 0.643. The Labute approximate surface area is 173 Å². The van der Waals surface area contributed by atoms with Gasteiger partial charge in [-0.3, -0.25) is 9.09 Å². The van der Waals surface area contributed by atoms with Gasteiger partial charge in [0, 0.05) is 13.1 Å². The summed E-state index contributed by atoms with van der Waals surface area (Å²) in [6.07, 6.45) is -3.62. The quantitative estimate of drug-likeness (QED) is 0.302. The Kier molecular flexibility index (Phi) is 5.90. The van der Waals surface area contributed by atoms with E-state index in [2.05, 4.69) is 30.9 Å². The lowest BCUT2D eigenvalue weighted by Crippen LogP contribution is -2.36. The van der Waals surface area contributed by atoms with Crippen LogP contribution in [-0.4, -0.2) is 90.5 Å². The number of nitrogen functional groups attached to an aromatic ring is 1. The Morgan fingerprint density at radius 2 is 2.03 bits per heavy atom. The molecule has 0 aliphatic carbocycles. The molecule has 4 rings (SSSR count). The minimum absolute atomic E-state index is 0.147. The summed E-state index contributed by atoms with van der Waals surface area (Å²) in [5, 5.41) is 20.9. The van der Waals surface area contributed by atoms with Gasteiger partial charge < -0.3 is 30.3 Å². The predicted octanol–water partition coefficient (Wildman–Crippen LogP) is -0.761. The first-order valence-electron chi connectivity index (χ1n) is 8.75. The van der Waals surface area contributed by atoms with Crippen LogP contribution in [0.25, 0.3) is 11.2 Å². The number of anilines is 1. The number of fused-ring (bicyclic) bond motifs is 1. The van der Waals surface area contributed by atoms with Gasteiger partial charge in [-0.25, -0.2) is 24.2 Å². The van der Waals surface area contributed by atoms with Gasteiger partial charge >= 0.3 is 7.75 Å². The maximum Gasteiger partial charge on any atom is 0.405 e. The summed E-state index contributed by atoms with van der Waals surface area (Å²) in [6.45, 7) is 0.750. The highest BCUT2D eigenvalue weighted by atomic mass is 79.9. The molecule has 15 heteroatoms. The third-order valence-corrected chi connectivity index (χ3v) is 6.97. The Bertz CT molecular complexity index is 941. The highest BCUT2D eigenvalue weighted by Crippen LogP contribution is 2.47. The average Bonchev–Trinajstić information content (AvgIpc) is 3.18. The molecule has 0 radical (unpaired) electrons. The van der Waals surface area contributed by atoms with E-state index in [4.69, 9.17) is 19.7 Å². The van der Waals surface area contributed by atoms with Crippen LogP contribution in [0.5, 0.6) is 0 Å². The first-order valence-corrected chi connectivity index (χ1v) is 11.1. The normalized spacial score (nSPS) is 30.6. The third kappa shape index (κ3) is 3.92. The monoisotopic (exact) mass is 494 g/mol. The Hall–Kier alpha value is -1.22. The molecule has 0 bridgehead atoms. The van der Waals surface area contributed by atoms with Crippen LogP contribution in [0.1, 0.15) is 6.23 Å². The molecule has 2 saturated heterocycles. The number of rotatable bonds is 5. The molecule has 0 amide bonds. The molecule has 29 heavy (non-hydrogen) atoms. The molecule has 0 spiro atoms. The molecule has 2 aromatic rings. The smallest absolute Gasteiger partial charge is 0.387 e. The second-order valence-electron chi connectivity index (χ2n) is 6.58. The number of aromatic nitrogens is 4. The molecular weight excluding hydrogens is 475 g/mol. The van der Waals surface area contributed by atoms with Crippen molar-refractivity contribution in [2.45, 2.75) is 24.5 Å². The second kappa shape index (κ2) is 8.13. The molecule has 0 aromatic carbocycles. The lowest BCUT2D eigenvalue weighted by molar-refractivity contribution is -0.0517. The van der Waals surface area contributed by atoms with Gasteiger partial charge in [-0.2, -0.15) is 0 Å². The number of imidazole rings is 1. The zero-order valence-electron chi connectivity index (χ0n) is 15.0. The first kappa shape index (κ1) is 21.0. The SMILES string of the molecule is Nc1ncnc2c1nc(Br)n2[C@@H]1O[C@H](COP(=O)(O)N2CCOCC2)[C@@H](O)[C@H]1O. The van der Waals surface area contributed by atoms with Crippen molar-refractivity contribution in [3.63, 3.8) is 0 Å². The standard InChI is InChI=1S/C14H20BrN6O7P/c15-14-19-8-11(16)17-6-18-12(8)21(14)13-10(23)9(22)7(28-13)5-27-29(24,25)20-1-3-26-4-2-20/h6-7,9-10,13,22-23H,1-5H2,(H,24,25)(H2,16,17,18)/t7-,9-,10-,13-/m1/s1. The average molecular weight is 495 g/mol. The minimum atomic E-state index is -4.09. The number of nitrogens with two attached hydrogens (primary N) is 1. The molecule has 5 N–H and O–H groups in total. The summed E-state index contributed by atoms with van der Waals surface area (Å²) in [6, 6.07) is 0. The highest BCUT2D eigenvalue weighted by Gasteiger charge is 2.46. The molecule has 1 unspecified atom stereocenters. The number of hydrogen-bond donors (Lipinski definition) is 4. The van der Waals surface area contributed by atoms with Crippen molar-refractivity contribution in [1.82, 2.24) is 24.2 Å². The topological polar surface area (TPSA) is 178 Å². The predicted molar refractivity (Wildman–Crippen MR) is 102 cm³/mol. The van der Waals surface area contributed by atoms with E-state index in [1.807, 2.05) is 0 Å². The number of aliphatic hydroxyl groups excluding tert-OH is 2. The van der Waals surface area contributed by atoms with Gasteiger partial charge in [0.05, 0.1) is 19.8 Å². The van der Waals surface area contributed by atoms with Crippen LogP contribution in [0.3, 0.4) is 0 Å². The van der Waals surface area contributed by atoms with Gasteiger partial charge in [-0.05, 0) is 15.9 Å². The van der Waals surface area contributed by atoms with Crippen LogP contribution in [0.4, 0.5) is 5.82 Å². The summed E-state index contributed by atoms with van der Waals surface area (Å²) >= 11 is 3.27. The second-order valence-corrected chi connectivity index (χ2v) is 9.09. The van der Waals surface area contributed by atoms with E-state index in [9.17, 15) is 19.7 Å². The van der Waals surface area contributed by atoms with Crippen molar-refractivity contribution in [3.05, 3.63) is 11.1 Å². The summed E-state index contributed by atoms with van der Waals surface area (Å²) in [4.78, 5) is 22.4. The number of aliphatic hydroxyl groups is 2. The highest BCUT2D eigenvalue weighted by molar-refractivity contribution is 9.10. The molecule has 160 valence electrons. The van der Waals surface area contributed by atoms with Crippen molar-refractivity contribution in [2.24, 2.45) is 0 Å². The summed E-state index contributed by atoms with van der Waals surface area (Å²) in [5.41, 5.74) is 6.40. The van der Waals surface area contributed by atoms with Crippen molar-refractivity contribution in [1.29, 1.82) is 0 Å². The molecular formula is C14H20BrN6O7P. The zero-order chi connectivity index (χ0) is 20.8. The van der Waals surface area contributed by atoms with Crippen LogP contribution >= 0.6 is 23.7 Å². The molecule has 2 aromatic heterocycles.